The first-order chi connectivity index (χ1) is 10.6. The Bertz CT molecular complexity index is 665. The van der Waals surface area contributed by atoms with E-state index in [2.05, 4.69) is 16.5 Å². The van der Waals surface area contributed by atoms with Gasteiger partial charge in [-0.25, -0.2) is 0 Å². The molecule has 116 valence electrons. The molecule has 2 unspecified atom stereocenters. The molecule has 1 aromatic heterocycles. The average molecular weight is 299 g/mol. The van der Waals surface area contributed by atoms with Crippen LogP contribution in [-0.2, 0) is 18.4 Å². The van der Waals surface area contributed by atoms with Gasteiger partial charge in [0.15, 0.2) is 0 Å². The topological polar surface area (TPSA) is 67.2 Å². The van der Waals surface area contributed by atoms with Gasteiger partial charge < -0.3 is 10.4 Å². The van der Waals surface area contributed by atoms with Crippen LogP contribution in [0.15, 0.2) is 36.7 Å². The van der Waals surface area contributed by atoms with Gasteiger partial charge in [0.25, 0.3) is 0 Å². The fourth-order valence-corrected chi connectivity index (χ4v) is 3.00. The molecule has 2 atom stereocenters. The van der Waals surface area contributed by atoms with Gasteiger partial charge in [-0.3, -0.25) is 9.48 Å². The van der Waals surface area contributed by atoms with Crippen LogP contribution in [0.25, 0.3) is 11.1 Å². The highest BCUT2D eigenvalue weighted by atomic mass is 16.3. The molecule has 0 spiro atoms. The van der Waals surface area contributed by atoms with E-state index in [1.165, 1.54) is 0 Å². The summed E-state index contributed by atoms with van der Waals surface area (Å²) in [5.41, 5.74) is 3.19. The molecular weight excluding hydrogens is 278 g/mol. The number of hydrogen-bond donors (Lipinski definition) is 2. The van der Waals surface area contributed by atoms with E-state index in [1.54, 1.807) is 4.68 Å². The Hall–Kier alpha value is -2.14. The summed E-state index contributed by atoms with van der Waals surface area (Å²) in [5, 5.41) is 16.9. The van der Waals surface area contributed by atoms with Gasteiger partial charge in [-0.2, -0.15) is 5.10 Å². The predicted molar refractivity (Wildman–Crippen MR) is 83.8 cm³/mol. The molecule has 2 N–H and O–H groups in total. The number of hydrogen-bond acceptors (Lipinski definition) is 3. The summed E-state index contributed by atoms with van der Waals surface area (Å²) >= 11 is 0. The number of aliphatic hydroxyl groups excluding tert-OH is 1. The van der Waals surface area contributed by atoms with Crippen LogP contribution < -0.4 is 5.32 Å². The zero-order valence-corrected chi connectivity index (χ0v) is 12.7. The number of aliphatic hydroxyl groups is 1. The second kappa shape index (κ2) is 6.32. The van der Waals surface area contributed by atoms with Crippen molar-refractivity contribution in [3.05, 3.63) is 42.2 Å². The first kappa shape index (κ1) is 14.8. The standard InChI is InChI=1S/C17H21N3O2/c1-20-11-14(10-19-20)13-5-2-4-12(8-13)9-18-17(22)15-6-3-7-16(15)21/h2,4-5,8,10-11,15-16,21H,3,6-7,9H2,1H3,(H,18,22). The molecule has 5 heteroatoms. The fourth-order valence-electron chi connectivity index (χ4n) is 3.00. The zero-order chi connectivity index (χ0) is 15.5. The van der Waals surface area contributed by atoms with Gasteiger partial charge in [-0.15, -0.1) is 0 Å². The van der Waals surface area contributed by atoms with E-state index < -0.39 is 6.10 Å². The lowest BCUT2D eigenvalue weighted by molar-refractivity contribution is -0.127. The lowest BCUT2D eigenvalue weighted by Gasteiger charge is -2.14. The smallest absolute Gasteiger partial charge is 0.225 e. The van der Waals surface area contributed by atoms with Crippen molar-refractivity contribution in [2.75, 3.05) is 0 Å². The van der Waals surface area contributed by atoms with Gasteiger partial charge in [-0.1, -0.05) is 18.2 Å². The van der Waals surface area contributed by atoms with Crippen molar-refractivity contribution in [1.82, 2.24) is 15.1 Å². The number of carbonyl (C=O) groups is 1. The molecule has 1 aromatic carbocycles. The Balaban J connectivity index is 1.64. The Morgan fingerprint density at radius 2 is 2.27 bits per heavy atom. The van der Waals surface area contributed by atoms with Crippen LogP contribution in [-0.4, -0.2) is 26.9 Å². The van der Waals surface area contributed by atoms with Gasteiger partial charge in [0, 0.05) is 25.4 Å². The molecule has 1 aliphatic rings. The van der Waals surface area contributed by atoms with Crippen molar-refractivity contribution in [1.29, 1.82) is 0 Å². The summed E-state index contributed by atoms with van der Waals surface area (Å²) in [4.78, 5) is 12.1. The maximum Gasteiger partial charge on any atom is 0.225 e. The van der Waals surface area contributed by atoms with E-state index in [9.17, 15) is 9.90 Å². The number of nitrogens with zero attached hydrogens (tertiary/aromatic N) is 2. The highest BCUT2D eigenvalue weighted by Gasteiger charge is 2.31. The molecule has 2 aromatic rings. The number of carbonyl (C=O) groups excluding carboxylic acids is 1. The third kappa shape index (κ3) is 3.20. The maximum atomic E-state index is 12.1. The molecular formula is C17H21N3O2. The zero-order valence-electron chi connectivity index (χ0n) is 12.7. The molecule has 1 heterocycles. The van der Waals surface area contributed by atoms with Crippen molar-refractivity contribution < 1.29 is 9.90 Å². The van der Waals surface area contributed by atoms with E-state index in [0.29, 0.717) is 6.54 Å². The van der Waals surface area contributed by atoms with E-state index in [4.69, 9.17) is 0 Å². The van der Waals surface area contributed by atoms with Gasteiger partial charge in [0.1, 0.15) is 0 Å². The molecule has 1 amide bonds. The number of nitrogens with one attached hydrogen (secondary N) is 1. The summed E-state index contributed by atoms with van der Waals surface area (Å²) in [6, 6.07) is 8.06. The van der Waals surface area contributed by atoms with Crippen molar-refractivity contribution in [3.63, 3.8) is 0 Å². The molecule has 3 rings (SSSR count). The Kier molecular flexibility index (Phi) is 4.24. The minimum Gasteiger partial charge on any atom is -0.392 e. The number of aryl methyl sites for hydroxylation is 1. The molecule has 22 heavy (non-hydrogen) atoms. The highest BCUT2D eigenvalue weighted by Crippen LogP contribution is 2.25. The third-order valence-corrected chi connectivity index (χ3v) is 4.25. The number of benzene rings is 1. The molecule has 1 aliphatic carbocycles. The van der Waals surface area contributed by atoms with Crippen LogP contribution in [0, 0.1) is 5.92 Å². The number of aromatic nitrogens is 2. The predicted octanol–water partition coefficient (Wildman–Crippen LogP) is 1.86. The van der Waals surface area contributed by atoms with E-state index in [-0.39, 0.29) is 11.8 Å². The summed E-state index contributed by atoms with van der Waals surface area (Å²) in [7, 11) is 1.89. The Labute approximate surface area is 130 Å². The first-order valence-electron chi connectivity index (χ1n) is 7.67. The number of amides is 1. The molecule has 0 saturated heterocycles. The Morgan fingerprint density at radius 1 is 1.41 bits per heavy atom. The van der Waals surface area contributed by atoms with Gasteiger partial charge in [0.2, 0.25) is 5.91 Å². The first-order valence-corrected chi connectivity index (χ1v) is 7.67. The lowest BCUT2D eigenvalue weighted by atomic mass is 10.0. The van der Waals surface area contributed by atoms with Crippen LogP contribution in [0.1, 0.15) is 24.8 Å². The molecule has 0 aliphatic heterocycles. The molecule has 1 fully saturated rings. The van der Waals surface area contributed by atoms with Crippen molar-refractivity contribution >= 4 is 5.91 Å². The normalized spacial score (nSPS) is 21.0. The van der Waals surface area contributed by atoms with Crippen molar-refractivity contribution in [2.45, 2.75) is 31.9 Å². The second-order valence-corrected chi connectivity index (χ2v) is 5.93. The van der Waals surface area contributed by atoms with Crippen LogP contribution >= 0.6 is 0 Å². The summed E-state index contributed by atoms with van der Waals surface area (Å²) in [5.74, 6) is -0.293. The molecule has 5 nitrogen and oxygen atoms in total. The van der Waals surface area contributed by atoms with E-state index >= 15 is 0 Å². The largest absolute Gasteiger partial charge is 0.392 e. The van der Waals surface area contributed by atoms with Crippen molar-refractivity contribution in [2.24, 2.45) is 13.0 Å². The number of rotatable bonds is 4. The summed E-state index contributed by atoms with van der Waals surface area (Å²) < 4.78 is 1.77. The summed E-state index contributed by atoms with van der Waals surface area (Å²) in [6.07, 6.45) is 5.74. The van der Waals surface area contributed by atoms with Crippen LogP contribution in [0.5, 0.6) is 0 Å². The van der Waals surface area contributed by atoms with Gasteiger partial charge >= 0.3 is 0 Å². The van der Waals surface area contributed by atoms with E-state index in [1.807, 2.05) is 37.6 Å². The quantitative estimate of drug-likeness (QED) is 0.905. The third-order valence-electron chi connectivity index (χ3n) is 4.25. The second-order valence-electron chi connectivity index (χ2n) is 5.93. The molecule has 0 radical (unpaired) electrons. The van der Waals surface area contributed by atoms with Crippen LogP contribution in [0.2, 0.25) is 0 Å². The minimum absolute atomic E-state index is 0.0446. The maximum absolute atomic E-state index is 12.1. The summed E-state index contributed by atoms with van der Waals surface area (Å²) in [6.45, 7) is 0.482. The monoisotopic (exact) mass is 299 g/mol. The highest BCUT2D eigenvalue weighted by molar-refractivity contribution is 5.79. The SMILES string of the molecule is Cn1cc(-c2cccc(CNC(=O)C3CCCC3O)c2)cn1. The van der Waals surface area contributed by atoms with Gasteiger partial charge in [0.05, 0.1) is 18.2 Å². The van der Waals surface area contributed by atoms with Crippen LogP contribution in [0.4, 0.5) is 0 Å². The Morgan fingerprint density at radius 3 is 2.95 bits per heavy atom. The lowest BCUT2D eigenvalue weighted by Crippen LogP contribution is -2.34. The molecule has 0 bridgehead atoms. The van der Waals surface area contributed by atoms with Gasteiger partial charge in [-0.05, 0) is 36.5 Å². The van der Waals surface area contributed by atoms with E-state index in [0.717, 1.165) is 36.0 Å². The fraction of sp³-hybridized carbons (Fsp3) is 0.412. The average Bonchev–Trinajstić information content (AvgIpc) is 3.14. The van der Waals surface area contributed by atoms with Crippen LogP contribution in [0.3, 0.4) is 0 Å². The molecule has 1 saturated carbocycles. The van der Waals surface area contributed by atoms with Crippen molar-refractivity contribution in [3.8, 4) is 11.1 Å². The minimum atomic E-state index is -0.485.